The van der Waals surface area contributed by atoms with Gasteiger partial charge in [-0.15, -0.1) is 0 Å². The summed E-state index contributed by atoms with van der Waals surface area (Å²) in [7, 11) is 0. The SMILES string of the molecule is Cc1ccc(CNCCC(C)(C)C)cc1. The second-order valence-electron chi connectivity index (χ2n) is 5.47. The molecule has 0 heterocycles. The fraction of sp³-hybridized carbons (Fsp3) is 0.571. The second-order valence-corrected chi connectivity index (χ2v) is 5.47. The van der Waals surface area contributed by atoms with Crippen molar-refractivity contribution >= 4 is 0 Å². The van der Waals surface area contributed by atoms with Gasteiger partial charge in [0.25, 0.3) is 0 Å². The molecule has 0 atom stereocenters. The first-order valence-corrected chi connectivity index (χ1v) is 5.74. The Kier molecular flexibility index (Phi) is 4.34. The average molecular weight is 205 g/mol. The zero-order valence-electron chi connectivity index (χ0n) is 10.4. The molecule has 0 aromatic heterocycles. The Morgan fingerprint density at radius 2 is 1.67 bits per heavy atom. The van der Waals surface area contributed by atoms with Gasteiger partial charge >= 0.3 is 0 Å². The second kappa shape index (κ2) is 5.32. The third-order valence-electron chi connectivity index (χ3n) is 2.50. The zero-order chi connectivity index (χ0) is 11.3. The van der Waals surface area contributed by atoms with Crippen LogP contribution in [-0.2, 0) is 6.54 Å². The van der Waals surface area contributed by atoms with Crippen LogP contribution in [0, 0.1) is 12.3 Å². The van der Waals surface area contributed by atoms with Crippen molar-refractivity contribution in [2.45, 2.75) is 40.7 Å². The van der Waals surface area contributed by atoms with Crippen molar-refractivity contribution < 1.29 is 0 Å². The highest BCUT2D eigenvalue weighted by Gasteiger charge is 2.08. The van der Waals surface area contributed by atoms with Crippen molar-refractivity contribution in [1.29, 1.82) is 0 Å². The molecule has 1 heteroatoms. The topological polar surface area (TPSA) is 12.0 Å². The normalized spacial score (nSPS) is 11.7. The molecule has 1 nitrogen and oxygen atoms in total. The Morgan fingerprint density at radius 3 is 2.20 bits per heavy atom. The molecule has 84 valence electrons. The van der Waals surface area contributed by atoms with E-state index in [1.165, 1.54) is 17.5 Å². The summed E-state index contributed by atoms with van der Waals surface area (Å²) in [6, 6.07) is 8.72. The lowest BCUT2D eigenvalue weighted by atomic mass is 9.92. The average Bonchev–Trinajstić information content (AvgIpc) is 2.14. The molecule has 0 aliphatic heterocycles. The first-order valence-electron chi connectivity index (χ1n) is 5.74. The molecule has 1 rings (SSSR count). The van der Waals surface area contributed by atoms with Crippen molar-refractivity contribution in [3.63, 3.8) is 0 Å². The number of nitrogens with one attached hydrogen (secondary N) is 1. The van der Waals surface area contributed by atoms with E-state index < -0.39 is 0 Å². The van der Waals surface area contributed by atoms with Gasteiger partial charge in [0.15, 0.2) is 0 Å². The standard InChI is InChI=1S/C14H23N/c1-12-5-7-13(8-6-12)11-15-10-9-14(2,3)4/h5-8,15H,9-11H2,1-4H3. The zero-order valence-corrected chi connectivity index (χ0v) is 10.4. The molecule has 0 saturated heterocycles. The van der Waals surface area contributed by atoms with Crippen molar-refractivity contribution in [2.24, 2.45) is 5.41 Å². The first-order chi connectivity index (χ1) is 6.97. The maximum Gasteiger partial charge on any atom is 0.0205 e. The van der Waals surface area contributed by atoms with Crippen LogP contribution in [0.4, 0.5) is 0 Å². The van der Waals surface area contributed by atoms with Crippen LogP contribution in [0.3, 0.4) is 0 Å². The Morgan fingerprint density at radius 1 is 1.07 bits per heavy atom. The van der Waals surface area contributed by atoms with Gasteiger partial charge < -0.3 is 5.32 Å². The van der Waals surface area contributed by atoms with E-state index in [1.54, 1.807) is 0 Å². The molecular formula is C14H23N. The minimum absolute atomic E-state index is 0.431. The number of hydrogen-bond acceptors (Lipinski definition) is 1. The van der Waals surface area contributed by atoms with Gasteiger partial charge in [-0.3, -0.25) is 0 Å². The molecule has 0 amide bonds. The van der Waals surface area contributed by atoms with Crippen LogP contribution in [0.25, 0.3) is 0 Å². The molecule has 0 unspecified atom stereocenters. The maximum absolute atomic E-state index is 3.48. The van der Waals surface area contributed by atoms with Crippen molar-refractivity contribution in [1.82, 2.24) is 5.32 Å². The molecule has 0 radical (unpaired) electrons. The predicted octanol–water partition coefficient (Wildman–Crippen LogP) is 3.52. The van der Waals surface area contributed by atoms with E-state index in [4.69, 9.17) is 0 Å². The molecule has 0 aliphatic rings. The Balaban J connectivity index is 2.23. The van der Waals surface area contributed by atoms with Crippen LogP contribution in [0.1, 0.15) is 38.3 Å². The molecular weight excluding hydrogens is 182 g/mol. The fourth-order valence-electron chi connectivity index (χ4n) is 1.40. The van der Waals surface area contributed by atoms with Gasteiger partial charge in [-0.1, -0.05) is 50.6 Å². The van der Waals surface area contributed by atoms with Gasteiger partial charge in [-0.25, -0.2) is 0 Å². The molecule has 1 aromatic rings. The molecule has 0 spiro atoms. The summed E-state index contributed by atoms with van der Waals surface area (Å²) >= 11 is 0. The molecule has 0 bridgehead atoms. The van der Waals surface area contributed by atoms with Crippen molar-refractivity contribution in [3.05, 3.63) is 35.4 Å². The van der Waals surface area contributed by atoms with E-state index in [0.29, 0.717) is 5.41 Å². The molecule has 0 fully saturated rings. The summed E-state index contributed by atoms with van der Waals surface area (Å²) in [6.45, 7) is 11.0. The van der Waals surface area contributed by atoms with E-state index >= 15 is 0 Å². The van der Waals surface area contributed by atoms with Gasteiger partial charge in [-0.05, 0) is 30.9 Å². The minimum Gasteiger partial charge on any atom is -0.313 e. The Labute approximate surface area is 93.9 Å². The van der Waals surface area contributed by atoms with Crippen LogP contribution in [-0.4, -0.2) is 6.54 Å². The van der Waals surface area contributed by atoms with Crippen LogP contribution >= 0.6 is 0 Å². The highest BCUT2D eigenvalue weighted by molar-refractivity contribution is 5.20. The Bertz CT molecular complexity index is 279. The molecule has 0 aliphatic carbocycles. The summed E-state index contributed by atoms with van der Waals surface area (Å²) in [6.07, 6.45) is 1.22. The van der Waals surface area contributed by atoms with Gasteiger partial charge in [0.2, 0.25) is 0 Å². The fourth-order valence-corrected chi connectivity index (χ4v) is 1.40. The molecule has 15 heavy (non-hydrogen) atoms. The molecule has 0 saturated carbocycles. The predicted molar refractivity (Wildman–Crippen MR) is 67.0 cm³/mol. The van der Waals surface area contributed by atoms with Crippen molar-refractivity contribution in [2.75, 3.05) is 6.54 Å². The van der Waals surface area contributed by atoms with Crippen LogP contribution in [0.15, 0.2) is 24.3 Å². The van der Waals surface area contributed by atoms with E-state index in [0.717, 1.165) is 13.1 Å². The lowest BCUT2D eigenvalue weighted by molar-refractivity contribution is 0.366. The monoisotopic (exact) mass is 205 g/mol. The quantitative estimate of drug-likeness (QED) is 0.742. The van der Waals surface area contributed by atoms with Gasteiger partial charge in [-0.2, -0.15) is 0 Å². The number of hydrogen-bond donors (Lipinski definition) is 1. The first kappa shape index (κ1) is 12.3. The summed E-state index contributed by atoms with van der Waals surface area (Å²) in [5.74, 6) is 0. The van der Waals surface area contributed by atoms with Gasteiger partial charge in [0.05, 0.1) is 0 Å². The third-order valence-corrected chi connectivity index (χ3v) is 2.50. The summed E-state index contributed by atoms with van der Waals surface area (Å²) in [5.41, 5.74) is 3.13. The van der Waals surface area contributed by atoms with Crippen molar-refractivity contribution in [3.8, 4) is 0 Å². The Hall–Kier alpha value is -0.820. The minimum atomic E-state index is 0.431. The van der Waals surface area contributed by atoms with E-state index in [2.05, 4.69) is 57.3 Å². The maximum atomic E-state index is 3.48. The van der Waals surface area contributed by atoms with Gasteiger partial charge in [0.1, 0.15) is 0 Å². The summed E-state index contributed by atoms with van der Waals surface area (Å²) in [5, 5.41) is 3.48. The molecule has 1 aromatic carbocycles. The number of aryl methyl sites for hydroxylation is 1. The van der Waals surface area contributed by atoms with Crippen LogP contribution in [0.5, 0.6) is 0 Å². The summed E-state index contributed by atoms with van der Waals surface area (Å²) < 4.78 is 0. The van der Waals surface area contributed by atoms with E-state index in [1.807, 2.05) is 0 Å². The smallest absolute Gasteiger partial charge is 0.0205 e. The largest absolute Gasteiger partial charge is 0.313 e. The lowest BCUT2D eigenvalue weighted by Gasteiger charge is -2.18. The van der Waals surface area contributed by atoms with E-state index in [-0.39, 0.29) is 0 Å². The van der Waals surface area contributed by atoms with Gasteiger partial charge in [0, 0.05) is 6.54 Å². The summed E-state index contributed by atoms with van der Waals surface area (Å²) in [4.78, 5) is 0. The molecule has 1 N–H and O–H groups in total. The third kappa shape index (κ3) is 5.58. The highest BCUT2D eigenvalue weighted by Crippen LogP contribution is 2.17. The number of rotatable bonds is 4. The van der Waals surface area contributed by atoms with Crippen LogP contribution in [0.2, 0.25) is 0 Å². The van der Waals surface area contributed by atoms with E-state index in [9.17, 15) is 0 Å². The highest BCUT2D eigenvalue weighted by atomic mass is 14.8. The lowest BCUT2D eigenvalue weighted by Crippen LogP contribution is -2.20. The number of benzene rings is 1. The van der Waals surface area contributed by atoms with Crippen LogP contribution < -0.4 is 5.32 Å².